The molecule has 0 aliphatic rings. The molecule has 0 aromatic rings. The van der Waals surface area contributed by atoms with Crippen LogP contribution in [0.2, 0.25) is 0 Å². The number of carbonyl (C=O) groups excluding carboxylic acids is 2. The van der Waals surface area contributed by atoms with Crippen molar-refractivity contribution in [3.63, 3.8) is 0 Å². The van der Waals surface area contributed by atoms with Crippen LogP contribution in [0.3, 0.4) is 0 Å². The number of rotatable bonds is 51. The van der Waals surface area contributed by atoms with Gasteiger partial charge in [0.1, 0.15) is 19.8 Å². The Balaban J connectivity index is 4.16. The second-order valence-corrected chi connectivity index (χ2v) is 21.4. The van der Waals surface area contributed by atoms with Crippen molar-refractivity contribution >= 4 is 19.8 Å². The second-order valence-electron chi connectivity index (χ2n) is 20.0. The van der Waals surface area contributed by atoms with Gasteiger partial charge in [-0.15, -0.1) is 0 Å². The van der Waals surface area contributed by atoms with Gasteiger partial charge in [0.05, 0.1) is 27.7 Å². The minimum absolute atomic E-state index is 0.0252. The number of ether oxygens (including phenoxy) is 2. The number of carbonyl (C=O) groups is 2. The minimum atomic E-state index is -4.62. The molecule has 0 saturated carbocycles. The Kier molecular flexibility index (Phi) is 45.4. The van der Waals surface area contributed by atoms with Crippen LogP contribution in [0, 0.1) is 0 Å². The molecular weight excluding hydrogens is 810 g/mol. The second kappa shape index (κ2) is 46.1. The van der Waals surface area contributed by atoms with E-state index < -0.39 is 26.5 Å². The molecule has 0 heterocycles. The zero-order chi connectivity index (χ0) is 46.4. The van der Waals surface area contributed by atoms with Crippen LogP contribution in [0.1, 0.15) is 277 Å². The van der Waals surface area contributed by atoms with Crippen LogP contribution in [0.5, 0.6) is 0 Å². The largest absolute Gasteiger partial charge is 0.756 e. The predicted octanol–water partition coefficient (Wildman–Crippen LogP) is 15.7. The highest BCUT2D eigenvalue weighted by Gasteiger charge is 2.22. The Morgan fingerprint density at radius 1 is 0.429 bits per heavy atom. The van der Waals surface area contributed by atoms with E-state index in [1.54, 1.807) is 0 Å². The van der Waals surface area contributed by atoms with Crippen molar-refractivity contribution in [3.8, 4) is 0 Å². The maximum absolute atomic E-state index is 12.8. The number of phosphoric ester groups is 1. The van der Waals surface area contributed by atoms with Crippen LogP contribution in [0.25, 0.3) is 0 Å². The van der Waals surface area contributed by atoms with Crippen molar-refractivity contribution in [2.75, 3.05) is 47.5 Å². The Labute approximate surface area is 391 Å². The van der Waals surface area contributed by atoms with Crippen LogP contribution >= 0.6 is 7.82 Å². The first kappa shape index (κ1) is 62.0. The molecule has 0 rings (SSSR count). The average molecular weight is 916 g/mol. The van der Waals surface area contributed by atoms with E-state index in [0.717, 1.165) is 32.1 Å². The molecule has 0 radical (unpaired) electrons. The summed E-state index contributed by atoms with van der Waals surface area (Å²) in [5.74, 6) is -0.811. The normalized spacial score (nSPS) is 13.3. The van der Waals surface area contributed by atoms with E-state index in [0.29, 0.717) is 17.4 Å². The van der Waals surface area contributed by atoms with E-state index in [1.165, 1.54) is 212 Å². The first-order chi connectivity index (χ1) is 30.5. The van der Waals surface area contributed by atoms with E-state index in [9.17, 15) is 19.0 Å². The molecule has 0 aliphatic heterocycles. The molecule has 1 unspecified atom stereocenters. The summed E-state index contributed by atoms with van der Waals surface area (Å²) in [5.41, 5.74) is 0. The minimum Gasteiger partial charge on any atom is -0.756 e. The summed E-state index contributed by atoms with van der Waals surface area (Å²) < 4.78 is 34.1. The number of likely N-dealkylation sites (N-methyl/N-ethyl adjacent to an activating group) is 1. The van der Waals surface area contributed by atoms with E-state index in [-0.39, 0.29) is 32.0 Å². The molecule has 0 amide bonds. The van der Waals surface area contributed by atoms with Gasteiger partial charge < -0.3 is 27.9 Å². The highest BCUT2D eigenvalue weighted by Crippen LogP contribution is 2.38. The number of esters is 2. The standard InChI is InChI=1S/C53H106NO8P/c1-6-8-10-12-14-16-18-20-22-24-26-27-28-30-32-34-36-38-40-42-44-46-53(56)62-51(50-61-63(57,58)60-48-47-54(3,4)5)49-59-52(55)45-43-41-39-37-35-33-31-29-25-23-21-19-17-15-13-11-9-7-2/h51H,6-50H2,1-5H3/t51-/m1/s1. The van der Waals surface area contributed by atoms with E-state index in [2.05, 4.69) is 13.8 Å². The Morgan fingerprint density at radius 3 is 1.02 bits per heavy atom. The number of hydrogen-bond donors (Lipinski definition) is 0. The van der Waals surface area contributed by atoms with Crippen LogP contribution in [0.4, 0.5) is 0 Å². The molecule has 376 valence electrons. The molecule has 0 bridgehead atoms. The number of quaternary nitrogens is 1. The molecular formula is C53H106NO8P. The van der Waals surface area contributed by atoms with E-state index >= 15 is 0 Å². The first-order valence-electron chi connectivity index (χ1n) is 27.2. The summed E-state index contributed by atoms with van der Waals surface area (Å²) in [7, 11) is 1.19. The zero-order valence-corrected chi connectivity index (χ0v) is 43.5. The molecule has 0 aliphatic carbocycles. The molecule has 9 nitrogen and oxygen atoms in total. The fourth-order valence-electron chi connectivity index (χ4n) is 8.13. The van der Waals surface area contributed by atoms with Gasteiger partial charge in [-0.05, 0) is 12.8 Å². The van der Waals surface area contributed by atoms with Crippen LogP contribution in [-0.2, 0) is 32.7 Å². The third-order valence-corrected chi connectivity index (χ3v) is 13.3. The van der Waals surface area contributed by atoms with Crippen molar-refractivity contribution in [1.29, 1.82) is 0 Å². The topological polar surface area (TPSA) is 111 Å². The zero-order valence-electron chi connectivity index (χ0n) is 42.6. The van der Waals surface area contributed by atoms with E-state index in [4.69, 9.17) is 18.5 Å². The van der Waals surface area contributed by atoms with Crippen LogP contribution in [0.15, 0.2) is 0 Å². The summed E-state index contributed by atoms with van der Waals surface area (Å²) in [6, 6.07) is 0. The third-order valence-electron chi connectivity index (χ3n) is 12.4. The fourth-order valence-corrected chi connectivity index (χ4v) is 8.86. The molecule has 0 aromatic heterocycles. The summed E-state index contributed by atoms with van der Waals surface area (Å²) in [5, 5.41) is 0. The smallest absolute Gasteiger partial charge is 0.306 e. The lowest BCUT2D eigenvalue weighted by Crippen LogP contribution is -2.37. The van der Waals surface area contributed by atoms with Crippen LogP contribution < -0.4 is 4.89 Å². The summed E-state index contributed by atoms with van der Waals surface area (Å²) in [6.07, 6.45) is 49.9. The quantitative estimate of drug-likeness (QED) is 0.0257. The van der Waals surface area contributed by atoms with Gasteiger partial charge >= 0.3 is 11.9 Å². The molecule has 63 heavy (non-hydrogen) atoms. The number of phosphoric acid groups is 1. The lowest BCUT2D eigenvalue weighted by Gasteiger charge is -2.28. The predicted molar refractivity (Wildman–Crippen MR) is 264 cm³/mol. The van der Waals surface area contributed by atoms with Crippen molar-refractivity contribution < 1.29 is 42.1 Å². The highest BCUT2D eigenvalue weighted by atomic mass is 31.2. The average Bonchev–Trinajstić information content (AvgIpc) is 3.24. The number of unbranched alkanes of at least 4 members (excludes halogenated alkanes) is 37. The van der Waals surface area contributed by atoms with Gasteiger partial charge in [0, 0.05) is 12.8 Å². The van der Waals surface area contributed by atoms with Gasteiger partial charge in [0.25, 0.3) is 7.82 Å². The van der Waals surface area contributed by atoms with Crippen molar-refractivity contribution in [2.45, 2.75) is 283 Å². The molecule has 10 heteroatoms. The highest BCUT2D eigenvalue weighted by molar-refractivity contribution is 7.45. The molecule has 0 spiro atoms. The Morgan fingerprint density at radius 2 is 0.714 bits per heavy atom. The summed E-state index contributed by atoms with van der Waals surface area (Å²) in [6.45, 7) is 4.30. The Hall–Kier alpha value is -0.990. The SMILES string of the molecule is CCCCCCCCCCCCCCCCCCCCCCCC(=O)O[C@H](COC(=O)CCCCCCCCCCCCCCCCCCCC)COP(=O)([O-])OCC[N+](C)(C)C. The first-order valence-corrected chi connectivity index (χ1v) is 28.7. The lowest BCUT2D eigenvalue weighted by atomic mass is 10.0. The van der Waals surface area contributed by atoms with Crippen molar-refractivity contribution in [2.24, 2.45) is 0 Å². The van der Waals surface area contributed by atoms with Gasteiger partial charge in [-0.25, -0.2) is 0 Å². The van der Waals surface area contributed by atoms with Gasteiger partial charge in [-0.1, -0.05) is 251 Å². The fraction of sp³-hybridized carbons (Fsp3) is 0.962. The van der Waals surface area contributed by atoms with Gasteiger partial charge in [0.15, 0.2) is 6.10 Å². The van der Waals surface area contributed by atoms with Crippen molar-refractivity contribution in [1.82, 2.24) is 0 Å². The third kappa shape index (κ3) is 50.3. The van der Waals surface area contributed by atoms with Crippen LogP contribution in [-0.4, -0.2) is 70.0 Å². The maximum atomic E-state index is 12.8. The molecule has 2 atom stereocenters. The number of hydrogen-bond acceptors (Lipinski definition) is 8. The van der Waals surface area contributed by atoms with Gasteiger partial charge in [0.2, 0.25) is 0 Å². The van der Waals surface area contributed by atoms with E-state index in [1.807, 2.05) is 21.1 Å². The summed E-state index contributed by atoms with van der Waals surface area (Å²) in [4.78, 5) is 37.8. The molecule has 0 saturated heterocycles. The monoisotopic (exact) mass is 916 g/mol. The number of nitrogens with zero attached hydrogens (tertiary/aromatic N) is 1. The molecule has 0 N–H and O–H groups in total. The lowest BCUT2D eigenvalue weighted by molar-refractivity contribution is -0.870. The Bertz CT molecular complexity index is 1040. The molecule has 0 fully saturated rings. The van der Waals surface area contributed by atoms with Crippen molar-refractivity contribution in [3.05, 3.63) is 0 Å². The molecule has 0 aromatic carbocycles. The van der Waals surface area contributed by atoms with Gasteiger partial charge in [-0.3, -0.25) is 14.2 Å². The summed E-state index contributed by atoms with van der Waals surface area (Å²) >= 11 is 0. The van der Waals surface area contributed by atoms with Gasteiger partial charge in [-0.2, -0.15) is 0 Å². The maximum Gasteiger partial charge on any atom is 0.306 e.